The molecular weight excluding hydrogens is 308 g/mol. The van der Waals surface area contributed by atoms with Gasteiger partial charge in [-0.2, -0.15) is 0 Å². The molecule has 2 N–H and O–H groups in total. The molecule has 0 radical (unpaired) electrons. The van der Waals surface area contributed by atoms with E-state index in [1.165, 1.54) is 5.56 Å². The standard InChI is InChI=1S/C18H26N2O4/c1-18(2,3)24-17(21)20-10-9-19-15(16-22-11-12-23-16)13-14-7-5-4-6-8-14/h4-8,11-12,15-16,19H,9-10,13H2,1-3H3,(H,20,21). The van der Waals surface area contributed by atoms with Crippen molar-refractivity contribution in [1.29, 1.82) is 0 Å². The van der Waals surface area contributed by atoms with Crippen LogP contribution < -0.4 is 10.6 Å². The molecule has 1 aromatic rings. The number of ether oxygens (including phenoxy) is 3. The lowest BCUT2D eigenvalue weighted by molar-refractivity contribution is -0.0497. The molecule has 6 nitrogen and oxygen atoms in total. The number of rotatable bonds is 7. The highest BCUT2D eigenvalue weighted by Crippen LogP contribution is 2.14. The molecule has 0 saturated heterocycles. The van der Waals surface area contributed by atoms with Crippen molar-refractivity contribution in [3.8, 4) is 0 Å². The molecule has 1 aliphatic rings. The van der Waals surface area contributed by atoms with Crippen LogP contribution in [0.5, 0.6) is 0 Å². The molecule has 0 spiro atoms. The van der Waals surface area contributed by atoms with E-state index >= 15 is 0 Å². The van der Waals surface area contributed by atoms with Gasteiger partial charge in [-0.15, -0.1) is 0 Å². The van der Waals surface area contributed by atoms with Gasteiger partial charge in [0.05, 0.1) is 6.04 Å². The number of nitrogens with one attached hydrogen (secondary N) is 2. The fourth-order valence-electron chi connectivity index (χ4n) is 2.31. The van der Waals surface area contributed by atoms with Crippen molar-refractivity contribution in [3.63, 3.8) is 0 Å². The normalized spacial score (nSPS) is 15.5. The van der Waals surface area contributed by atoms with E-state index in [-0.39, 0.29) is 12.3 Å². The molecule has 0 fully saturated rings. The van der Waals surface area contributed by atoms with Gasteiger partial charge < -0.3 is 24.8 Å². The van der Waals surface area contributed by atoms with Crippen molar-refractivity contribution < 1.29 is 19.0 Å². The second-order valence-electron chi connectivity index (χ2n) is 6.59. The lowest BCUT2D eigenvalue weighted by Crippen LogP contribution is -2.45. The number of hydrogen-bond donors (Lipinski definition) is 2. The highest BCUT2D eigenvalue weighted by molar-refractivity contribution is 5.67. The van der Waals surface area contributed by atoms with Crippen molar-refractivity contribution in [3.05, 3.63) is 48.4 Å². The Hall–Kier alpha value is -2.21. The molecule has 1 amide bonds. The largest absolute Gasteiger partial charge is 0.458 e. The van der Waals surface area contributed by atoms with Gasteiger partial charge >= 0.3 is 6.09 Å². The van der Waals surface area contributed by atoms with Crippen LogP contribution in [0.2, 0.25) is 0 Å². The summed E-state index contributed by atoms with van der Waals surface area (Å²) in [4.78, 5) is 11.6. The van der Waals surface area contributed by atoms with Crippen LogP contribution in [0.15, 0.2) is 42.9 Å². The fraction of sp³-hybridized carbons (Fsp3) is 0.500. The van der Waals surface area contributed by atoms with Gasteiger partial charge in [0.25, 0.3) is 6.29 Å². The van der Waals surface area contributed by atoms with E-state index in [0.29, 0.717) is 13.1 Å². The zero-order valence-electron chi connectivity index (χ0n) is 14.5. The Balaban J connectivity index is 1.77. The van der Waals surface area contributed by atoms with Crippen LogP contribution in [0.25, 0.3) is 0 Å². The first kappa shape index (κ1) is 18.1. The van der Waals surface area contributed by atoms with E-state index in [4.69, 9.17) is 14.2 Å². The molecule has 24 heavy (non-hydrogen) atoms. The third kappa shape index (κ3) is 6.50. The zero-order valence-corrected chi connectivity index (χ0v) is 14.5. The maximum Gasteiger partial charge on any atom is 0.407 e. The predicted octanol–water partition coefficient (Wildman–Crippen LogP) is 2.56. The van der Waals surface area contributed by atoms with Gasteiger partial charge in [-0.1, -0.05) is 30.3 Å². The van der Waals surface area contributed by atoms with Crippen LogP contribution in [-0.2, 0) is 20.6 Å². The molecule has 1 atom stereocenters. The summed E-state index contributed by atoms with van der Waals surface area (Å²) in [6, 6.07) is 10.1. The van der Waals surface area contributed by atoms with E-state index in [0.717, 1.165) is 6.42 Å². The average molecular weight is 334 g/mol. The van der Waals surface area contributed by atoms with Gasteiger partial charge in [0.2, 0.25) is 0 Å². The summed E-state index contributed by atoms with van der Waals surface area (Å²) in [6.45, 7) is 6.55. The first-order valence-corrected chi connectivity index (χ1v) is 8.14. The average Bonchev–Trinajstić information content (AvgIpc) is 3.04. The van der Waals surface area contributed by atoms with Crippen LogP contribution in [0, 0.1) is 0 Å². The van der Waals surface area contributed by atoms with Crippen LogP contribution in [-0.4, -0.2) is 37.1 Å². The Morgan fingerprint density at radius 1 is 1.17 bits per heavy atom. The minimum Gasteiger partial charge on any atom is -0.458 e. The molecule has 6 heteroatoms. The molecule has 0 aromatic heterocycles. The lowest BCUT2D eigenvalue weighted by Gasteiger charge is -2.24. The molecule has 1 unspecified atom stereocenters. The van der Waals surface area contributed by atoms with Gasteiger partial charge in [-0.3, -0.25) is 0 Å². The predicted molar refractivity (Wildman–Crippen MR) is 91.3 cm³/mol. The van der Waals surface area contributed by atoms with E-state index in [9.17, 15) is 4.79 Å². The highest BCUT2D eigenvalue weighted by atomic mass is 16.7. The topological polar surface area (TPSA) is 68.8 Å². The molecule has 2 rings (SSSR count). The van der Waals surface area contributed by atoms with Gasteiger partial charge in [0.1, 0.15) is 18.1 Å². The maximum atomic E-state index is 11.6. The minimum absolute atomic E-state index is 0.0252. The monoisotopic (exact) mass is 334 g/mol. The Morgan fingerprint density at radius 3 is 2.46 bits per heavy atom. The zero-order chi connectivity index (χ0) is 17.4. The van der Waals surface area contributed by atoms with Crippen molar-refractivity contribution >= 4 is 6.09 Å². The number of hydrogen-bond acceptors (Lipinski definition) is 5. The van der Waals surface area contributed by atoms with Gasteiger partial charge in [-0.05, 0) is 32.8 Å². The van der Waals surface area contributed by atoms with E-state index in [1.54, 1.807) is 12.5 Å². The first-order valence-electron chi connectivity index (χ1n) is 8.14. The van der Waals surface area contributed by atoms with E-state index in [2.05, 4.69) is 22.8 Å². The smallest absolute Gasteiger partial charge is 0.407 e. The molecule has 1 heterocycles. The Kier molecular flexibility index (Phi) is 6.49. The Morgan fingerprint density at radius 2 is 1.83 bits per heavy atom. The highest BCUT2D eigenvalue weighted by Gasteiger charge is 2.25. The van der Waals surface area contributed by atoms with Crippen LogP contribution in [0.4, 0.5) is 4.79 Å². The van der Waals surface area contributed by atoms with Crippen molar-refractivity contribution in [2.24, 2.45) is 0 Å². The first-order chi connectivity index (χ1) is 11.4. The number of carbonyl (C=O) groups is 1. The van der Waals surface area contributed by atoms with E-state index < -0.39 is 11.7 Å². The number of amides is 1. The SMILES string of the molecule is CC(C)(C)OC(=O)NCCNC(Cc1ccccc1)C1OC=CO1. The fourth-order valence-corrected chi connectivity index (χ4v) is 2.31. The van der Waals surface area contributed by atoms with Crippen molar-refractivity contribution in [2.75, 3.05) is 13.1 Å². The molecule has 0 aliphatic carbocycles. The third-order valence-corrected chi connectivity index (χ3v) is 3.31. The summed E-state index contributed by atoms with van der Waals surface area (Å²) < 4.78 is 16.1. The second kappa shape index (κ2) is 8.59. The molecule has 0 saturated carbocycles. The van der Waals surface area contributed by atoms with Crippen molar-refractivity contribution in [2.45, 2.75) is 45.1 Å². The number of carbonyl (C=O) groups excluding carboxylic acids is 1. The van der Waals surface area contributed by atoms with Gasteiger partial charge in [0.15, 0.2) is 0 Å². The summed E-state index contributed by atoms with van der Waals surface area (Å²) in [6.07, 6.45) is 3.07. The number of alkyl carbamates (subject to hydrolysis) is 1. The number of benzene rings is 1. The molecule has 132 valence electrons. The van der Waals surface area contributed by atoms with E-state index in [1.807, 2.05) is 39.0 Å². The summed E-state index contributed by atoms with van der Waals surface area (Å²) in [7, 11) is 0. The van der Waals surface area contributed by atoms with Gasteiger partial charge in [0, 0.05) is 13.1 Å². The summed E-state index contributed by atoms with van der Waals surface area (Å²) in [5.74, 6) is 0. The van der Waals surface area contributed by atoms with Crippen LogP contribution >= 0.6 is 0 Å². The van der Waals surface area contributed by atoms with Crippen molar-refractivity contribution in [1.82, 2.24) is 10.6 Å². The molecule has 1 aromatic carbocycles. The van der Waals surface area contributed by atoms with Crippen LogP contribution in [0.3, 0.4) is 0 Å². The summed E-state index contributed by atoms with van der Waals surface area (Å²) in [5.41, 5.74) is 0.694. The van der Waals surface area contributed by atoms with Gasteiger partial charge in [-0.25, -0.2) is 4.79 Å². The third-order valence-electron chi connectivity index (χ3n) is 3.31. The lowest BCUT2D eigenvalue weighted by atomic mass is 10.1. The molecule has 0 bridgehead atoms. The quantitative estimate of drug-likeness (QED) is 0.750. The van der Waals surface area contributed by atoms with Crippen LogP contribution in [0.1, 0.15) is 26.3 Å². The maximum absolute atomic E-state index is 11.6. The minimum atomic E-state index is -0.495. The summed E-state index contributed by atoms with van der Waals surface area (Å²) >= 11 is 0. The Labute approximate surface area is 143 Å². The molecular formula is C18H26N2O4. The molecule has 1 aliphatic heterocycles. The Bertz CT molecular complexity index is 532. The summed E-state index contributed by atoms with van der Waals surface area (Å²) in [5, 5.41) is 6.10. The second-order valence-corrected chi connectivity index (χ2v) is 6.59.